The van der Waals surface area contributed by atoms with Crippen LogP contribution in [-0.2, 0) is 22.6 Å². The van der Waals surface area contributed by atoms with Gasteiger partial charge in [-0.2, -0.15) is 0 Å². The molecule has 1 fully saturated rings. The summed E-state index contributed by atoms with van der Waals surface area (Å²) in [5.74, 6) is 0.583. The van der Waals surface area contributed by atoms with Crippen LogP contribution in [0.5, 0.6) is 0 Å². The van der Waals surface area contributed by atoms with Crippen molar-refractivity contribution >= 4 is 29.0 Å². The molecule has 0 spiro atoms. The molecule has 3 heterocycles. The molecule has 0 aliphatic carbocycles. The van der Waals surface area contributed by atoms with E-state index in [4.69, 9.17) is 9.47 Å². The number of carbonyl (C=O) groups is 1. The quantitative estimate of drug-likeness (QED) is 0.166. The van der Waals surface area contributed by atoms with Gasteiger partial charge >= 0.3 is 0 Å². The Balaban J connectivity index is 1.15. The maximum Gasteiger partial charge on any atom is 0.253 e. The van der Waals surface area contributed by atoms with Gasteiger partial charge in [0, 0.05) is 36.7 Å². The van der Waals surface area contributed by atoms with Crippen LogP contribution in [0.2, 0.25) is 0 Å². The molecule has 5 aromatic rings. The Labute approximate surface area is 264 Å². The molecule has 3 aromatic carbocycles. The number of aromatic nitrogens is 3. The fourth-order valence-electron chi connectivity index (χ4n) is 5.00. The highest BCUT2D eigenvalue weighted by atomic mass is 32.2. The van der Waals surface area contributed by atoms with E-state index in [0.717, 1.165) is 48.5 Å². The van der Waals surface area contributed by atoms with Gasteiger partial charge in [0.25, 0.3) is 5.91 Å². The summed E-state index contributed by atoms with van der Waals surface area (Å²) in [5, 5.41) is 21.8. The summed E-state index contributed by atoms with van der Waals surface area (Å²) in [4.78, 5) is 16.5. The Morgan fingerprint density at radius 2 is 1.77 bits per heavy atom. The van der Waals surface area contributed by atoms with E-state index in [1.165, 1.54) is 0 Å². The summed E-state index contributed by atoms with van der Waals surface area (Å²) in [6.45, 7) is 2.38. The summed E-state index contributed by atoms with van der Waals surface area (Å²) in [6.07, 6.45) is 3.18. The van der Waals surface area contributed by atoms with Crippen LogP contribution >= 0.6 is 23.1 Å². The minimum absolute atomic E-state index is 0.00731. The Hall–Kier alpha value is -3.93. The normalized spacial score (nSPS) is 18.2. The Morgan fingerprint density at radius 1 is 0.955 bits per heavy atom. The van der Waals surface area contributed by atoms with Crippen molar-refractivity contribution in [3.8, 4) is 11.1 Å². The fourth-order valence-corrected chi connectivity index (χ4v) is 6.86. The number of amides is 1. The molecule has 1 amide bonds. The number of nitrogens with one attached hydrogen (secondary N) is 1. The van der Waals surface area contributed by atoms with Gasteiger partial charge in [0.2, 0.25) is 0 Å². The molecule has 1 aliphatic rings. The second kappa shape index (κ2) is 14.2. The number of ether oxygens (including phenoxy) is 2. The minimum atomic E-state index is -0.531. The highest BCUT2D eigenvalue weighted by molar-refractivity contribution is 8.01. The van der Waals surface area contributed by atoms with E-state index in [2.05, 4.69) is 44.8 Å². The number of hydrogen-bond donors (Lipinski definition) is 2. The van der Waals surface area contributed by atoms with Crippen molar-refractivity contribution in [1.82, 2.24) is 20.5 Å². The number of nitrogens with zero attached hydrogens (tertiary/aromatic N) is 3. The Bertz CT molecular complexity index is 1680. The molecule has 0 bridgehead atoms. The van der Waals surface area contributed by atoms with E-state index < -0.39 is 6.29 Å². The topological polar surface area (TPSA) is 106 Å². The van der Waals surface area contributed by atoms with E-state index in [-0.39, 0.29) is 24.7 Å². The van der Waals surface area contributed by atoms with Crippen LogP contribution in [0.1, 0.15) is 56.4 Å². The first-order valence-corrected chi connectivity index (χ1v) is 16.2. The van der Waals surface area contributed by atoms with Gasteiger partial charge < -0.3 is 19.9 Å². The molecule has 0 saturated carbocycles. The van der Waals surface area contributed by atoms with Crippen molar-refractivity contribution < 1.29 is 19.4 Å². The maximum atomic E-state index is 12.4. The van der Waals surface area contributed by atoms with Crippen molar-refractivity contribution in [1.29, 1.82) is 0 Å². The van der Waals surface area contributed by atoms with E-state index in [1.807, 2.05) is 55.5 Å². The van der Waals surface area contributed by atoms with Crippen molar-refractivity contribution in [3.63, 3.8) is 0 Å². The van der Waals surface area contributed by atoms with Crippen LogP contribution in [-0.4, -0.2) is 38.1 Å². The van der Waals surface area contributed by atoms with E-state index in [0.29, 0.717) is 18.5 Å². The molecule has 3 atom stereocenters. The number of thioether (sulfide) groups is 1. The standard InChI is InChI=1S/C34H32N4O4S2/c1-22-37-38-34(44-22)43-21-30-17-31(26-9-7-23(20-39)8-10-26)42-33(41-30)27-13-11-25(12-14-27)28-5-2-4-24(16-28)18-36-32(40)29-6-3-15-35-19-29/h2-16,19,30-31,33,39H,17-18,20-21H2,1H3,(H,36,40). The van der Waals surface area contributed by atoms with Gasteiger partial charge in [0.1, 0.15) is 5.01 Å². The summed E-state index contributed by atoms with van der Waals surface area (Å²) in [6, 6.07) is 27.8. The zero-order valence-corrected chi connectivity index (χ0v) is 25.8. The monoisotopic (exact) mass is 624 g/mol. The molecule has 0 radical (unpaired) electrons. The maximum absolute atomic E-state index is 12.4. The molecule has 2 aromatic heterocycles. The molecule has 2 N–H and O–H groups in total. The van der Waals surface area contributed by atoms with Gasteiger partial charge in [-0.3, -0.25) is 9.78 Å². The number of rotatable bonds is 10. The third kappa shape index (κ3) is 7.58. The lowest BCUT2D eigenvalue weighted by atomic mass is 9.99. The second-order valence-electron chi connectivity index (χ2n) is 10.5. The summed E-state index contributed by atoms with van der Waals surface area (Å²) in [5.41, 5.74) is 6.51. The molecular formula is C34H32N4O4S2. The van der Waals surface area contributed by atoms with Crippen molar-refractivity contribution in [3.05, 3.63) is 130 Å². The van der Waals surface area contributed by atoms with Gasteiger partial charge in [-0.15, -0.1) is 10.2 Å². The lowest BCUT2D eigenvalue weighted by molar-refractivity contribution is -0.245. The van der Waals surface area contributed by atoms with Gasteiger partial charge in [-0.1, -0.05) is 89.8 Å². The second-order valence-corrected chi connectivity index (χ2v) is 12.9. The van der Waals surface area contributed by atoms with Crippen LogP contribution in [0.25, 0.3) is 11.1 Å². The van der Waals surface area contributed by atoms with Crippen molar-refractivity contribution in [2.24, 2.45) is 0 Å². The van der Waals surface area contributed by atoms with Gasteiger partial charge in [0.05, 0.1) is 24.4 Å². The van der Waals surface area contributed by atoms with Crippen molar-refractivity contribution in [2.75, 3.05) is 5.75 Å². The van der Waals surface area contributed by atoms with Gasteiger partial charge in [0.15, 0.2) is 10.6 Å². The fraction of sp³-hybridized carbons (Fsp3) is 0.235. The number of aliphatic hydroxyl groups excluding tert-OH is 1. The highest BCUT2D eigenvalue weighted by Gasteiger charge is 2.32. The molecule has 3 unspecified atom stereocenters. The lowest BCUT2D eigenvalue weighted by Crippen LogP contribution is -2.31. The predicted molar refractivity (Wildman–Crippen MR) is 171 cm³/mol. The number of aryl methyl sites for hydroxylation is 1. The first-order valence-electron chi connectivity index (χ1n) is 14.3. The van der Waals surface area contributed by atoms with Crippen LogP contribution < -0.4 is 5.32 Å². The minimum Gasteiger partial charge on any atom is -0.392 e. The third-order valence-corrected chi connectivity index (χ3v) is 9.44. The summed E-state index contributed by atoms with van der Waals surface area (Å²) >= 11 is 3.24. The lowest BCUT2D eigenvalue weighted by Gasteiger charge is -2.36. The average Bonchev–Trinajstić information content (AvgIpc) is 3.51. The number of pyridine rings is 1. The van der Waals surface area contributed by atoms with Gasteiger partial charge in [-0.05, 0) is 52.9 Å². The third-order valence-electron chi connectivity index (χ3n) is 7.34. The van der Waals surface area contributed by atoms with Crippen LogP contribution in [0, 0.1) is 6.92 Å². The van der Waals surface area contributed by atoms with Crippen LogP contribution in [0.4, 0.5) is 0 Å². The number of aliphatic hydroxyl groups is 1. The number of carbonyl (C=O) groups excluding carboxylic acids is 1. The number of benzene rings is 3. The van der Waals surface area contributed by atoms with E-state index in [9.17, 15) is 9.90 Å². The molecule has 6 rings (SSSR count). The predicted octanol–water partition coefficient (Wildman–Crippen LogP) is 6.67. The van der Waals surface area contributed by atoms with Crippen LogP contribution in [0.3, 0.4) is 0 Å². The molecule has 1 aliphatic heterocycles. The molecular weight excluding hydrogens is 593 g/mol. The van der Waals surface area contributed by atoms with E-state index >= 15 is 0 Å². The van der Waals surface area contributed by atoms with E-state index in [1.54, 1.807) is 47.6 Å². The first-order chi connectivity index (χ1) is 21.5. The smallest absolute Gasteiger partial charge is 0.253 e. The molecule has 1 saturated heterocycles. The first kappa shape index (κ1) is 30.1. The number of hydrogen-bond acceptors (Lipinski definition) is 9. The molecule has 224 valence electrons. The largest absolute Gasteiger partial charge is 0.392 e. The Kier molecular flexibility index (Phi) is 9.74. The molecule has 10 heteroatoms. The molecule has 44 heavy (non-hydrogen) atoms. The summed E-state index contributed by atoms with van der Waals surface area (Å²) < 4.78 is 13.9. The van der Waals surface area contributed by atoms with Gasteiger partial charge in [-0.25, -0.2) is 0 Å². The van der Waals surface area contributed by atoms with Crippen molar-refractivity contribution in [2.45, 2.75) is 49.3 Å². The SMILES string of the molecule is Cc1nnc(SCC2CC(c3ccc(CO)cc3)OC(c3ccc(-c4cccc(CNC(=O)c5cccnc5)c4)cc3)O2)s1. The Morgan fingerprint density at radius 3 is 2.50 bits per heavy atom. The zero-order valence-electron chi connectivity index (χ0n) is 24.1. The average molecular weight is 625 g/mol. The van der Waals surface area contributed by atoms with Crippen LogP contribution in [0.15, 0.2) is 102 Å². The molecule has 8 nitrogen and oxygen atoms in total. The zero-order chi connectivity index (χ0) is 30.3. The summed E-state index contributed by atoms with van der Waals surface area (Å²) in [7, 11) is 0. The highest BCUT2D eigenvalue weighted by Crippen LogP contribution is 2.40.